The van der Waals surface area contributed by atoms with Gasteiger partial charge in [0, 0.05) is 17.5 Å². The normalized spacial score (nSPS) is 34.9. The zero-order chi connectivity index (χ0) is 12.9. The third kappa shape index (κ3) is 1.64. The van der Waals surface area contributed by atoms with Gasteiger partial charge in [0.05, 0.1) is 35.8 Å². The fourth-order valence-corrected chi connectivity index (χ4v) is 3.37. The van der Waals surface area contributed by atoms with Crippen molar-refractivity contribution in [3.63, 3.8) is 0 Å². The quantitative estimate of drug-likeness (QED) is 0.741. The summed E-state index contributed by atoms with van der Waals surface area (Å²) in [7, 11) is 0. The third-order valence-corrected chi connectivity index (χ3v) is 4.69. The standard InChI is InChI=1S/C13H13BrF2O2/c1-7-9-4-17-5-13(9,6-18-7)8-2-10(14)12(16)3-11(8)15/h2-3,7,9H,4-6H2,1H3/t7-,9-,13?/m1/s1. The highest BCUT2D eigenvalue weighted by Crippen LogP contribution is 2.47. The van der Waals surface area contributed by atoms with Gasteiger partial charge in [0.1, 0.15) is 11.6 Å². The highest BCUT2D eigenvalue weighted by Gasteiger charge is 2.54. The molecule has 0 aliphatic carbocycles. The second kappa shape index (κ2) is 4.25. The molecule has 2 saturated heterocycles. The molecule has 98 valence electrons. The van der Waals surface area contributed by atoms with Crippen molar-refractivity contribution in [3.8, 4) is 0 Å². The van der Waals surface area contributed by atoms with Gasteiger partial charge in [0.2, 0.25) is 0 Å². The van der Waals surface area contributed by atoms with Crippen LogP contribution in [0.5, 0.6) is 0 Å². The van der Waals surface area contributed by atoms with Crippen LogP contribution in [0.15, 0.2) is 16.6 Å². The second-order valence-corrected chi connectivity index (χ2v) is 5.89. The maximum Gasteiger partial charge on any atom is 0.140 e. The van der Waals surface area contributed by atoms with Crippen molar-refractivity contribution >= 4 is 15.9 Å². The first-order valence-electron chi connectivity index (χ1n) is 5.89. The number of benzene rings is 1. The van der Waals surface area contributed by atoms with E-state index in [-0.39, 0.29) is 16.5 Å². The molecule has 18 heavy (non-hydrogen) atoms. The molecule has 2 heterocycles. The molecular weight excluding hydrogens is 306 g/mol. The fourth-order valence-electron chi connectivity index (χ4n) is 3.02. The van der Waals surface area contributed by atoms with Crippen LogP contribution in [-0.4, -0.2) is 25.9 Å². The topological polar surface area (TPSA) is 18.5 Å². The van der Waals surface area contributed by atoms with Crippen LogP contribution < -0.4 is 0 Å². The van der Waals surface area contributed by atoms with Crippen LogP contribution in [0.2, 0.25) is 0 Å². The summed E-state index contributed by atoms with van der Waals surface area (Å²) < 4.78 is 38.8. The highest BCUT2D eigenvalue weighted by atomic mass is 79.9. The molecule has 0 amide bonds. The van der Waals surface area contributed by atoms with Gasteiger partial charge in [-0.25, -0.2) is 8.78 Å². The van der Waals surface area contributed by atoms with Crippen molar-refractivity contribution in [2.75, 3.05) is 19.8 Å². The predicted octanol–water partition coefficient (Wildman–Crippen LogP) is 3.03. The summed E-state index contributed by atoms with van der Waals surface area (Å²) in [5.41, 5.74) is 0.0160. The summed E-state index contributed by atoms with van der Waals surface area (Å²) in [5.74, 6) is -0.983. The lowest BCUT2D eigenvalue weighted by molar-refractivity contribution is 0.0577. The molecule has 0 spiro atoms. The van der Waals surface area contributed by atoms with Crippen LogP contribution in [0.25, 0.3) is 0 Å². The van der Waals surface area contributed by atoms with Crippen LogP contribution in [0.3, 0.4) is 0 Å². The van der Waals surface area contributed by atoms with Gasteiger partial charge >= 0.3 is 0 Å². The molecule has 0 bridgehead atoms. The molecule has 3 rings (SSSR count). The molecule has 1 aromatic carbocycles. The van der Waals surface area contributed by atoms with Crippen LogP contribution in [0.1, 0.15) is 12.5 Å². The molecular formula is C13H13BrF2O2. The van der Waals surface area contributed by atoms with E-state index in [9.17, 15) is 8.78 Å². The summed E-state index contributed by atoms with van der Waals surface area (Å²) in [6.45, 7) is 3.39. The molecule has 2 fully saturated rings. The predicted molar refractivity (Wildman–Crippen MR) is 65.5 cm³/mol. The summed E-state index contributed by atoms with van der Waals surface area (Å²) >= 11 is 3.11. The fraction of sp³-hybridized carbons (Fsp3) is 0.538. The van der Waals surface area contributed by atoms with E-state index < -0.39 is 17.0 Å². The lowest BCUT2D eigenvalue weighted by atomic mass is 9.73. The maximum atomic E-state index is 14.1. The largest absolute Gasteiger partial charge is 0.380 e. The molecule has 0 aromatic heterocycles. The number of hydrogen-bond donors (Lipinski definition) is 0. The molecule has 0 radical (unpaired) electrons. The Morgan fingerprint density at radius 2 is 2.06 bits per heavy atom. The Morgan fingerprint density at radius 1 is 1.28 bits per heavy atom. The second-order valence-electron chi connectivity index (χ2n) is 5.04. The summed E-state index contributed by atoms with van der Waals surface area (Å²) in [6.07, 6.45) is 0.0377. The van der Waals surface area contributed by atoms with Crippen molar-refractivity contribution in [1.82, 2.24) is 0 Å². The number of rotatable bonds is 1. The van der Waals surface area contributed by atoms with Crippen molar-refractivity contribution < 1.29 is 18.3 Å². The van der Waals surface area contributed by atoms with E-state index in [1.165, 1.54) is 6.07 Å². The Bertz CT molecular complexity index is 494. The monoisotopic (exact) mass is 318 g/mol. The Morgan fingerprint density at radius 3 is 2.83 bits per heavy atom. The summed E-state index contributed by atoms with van der Waals surface area (Å²) in [6, 6.07) is 2.44. The van der Waals surface area contributed by atoms with Gasteiger partial charge in [0.15, 0.2) is 0 Å². The van der Waals surface area contributed by atoms with Gasteiger partial charge in [-0.05, 0) is 28.9 Å². The van der Waals surface area contributed by atoms with Gasteiger partial charge in [-0.2, -0.15) is 0 Å². The van der Waals surface area contributed by atoms with E-state index in [1.807, 2.05) is 6.92 Å². The smallest absolute Gasteiger partial charge is 0.140 e. The van der Waals surface area contributed by atoms with Crippen LogP contribution >= 0.6 is 15.9 Å². The van der Waals surface area contributed by atoms with E-state index >= 15 is 0 Å². The average Bonchev–Trinajstić information content (AvgIpc) is 2.86. The van der Waals surface area contributed by atoms with E-state index in [0.717, 1.165) is 6.07 Å². The average molecular weight is 319 g/mol. The molecule has 0 saturated carbocycles. The first-order chi connectivity index (χ1) is 8.54. The SMILES string of the molecule is C[C@H]1OCC2(c3cc(Br)c(F)cc3F)COC[C@H]12. The van der Waals surface area contributed by atoms with Gasteiger partial charge in [0.25, 0.3) is 0 Å². The highest BCUT2D eigenvalue weighted by molar-refractivity contribution is 9.10. The Hall–Kier alpha value is -0.520. The number of hydrogen-bond acceptors (Lipinski definition) is 2. The molecule has 2 aliphatic heterocycles. The Labute approximate surface area is 112 Å². The maximum absolute atomic E-state index is 14.1. The Kier molecular flexibility index (Phi) is 2.95. The molecule has 2 nitrogen and oxygen atoms in total. The minimum atomic E-state index is -0.588. The summed E-state index contributed by atoms with van der Waals surface area (Å²) in [5, 5.41) is 0. The van der Waals surface area contributed by atoms with Crippen molar-refractivity contribution in [3.05, 3.63) is 33.8 Å². The minimum absolute atomic E-state index is 0.0377. The molecule has 1 aromatic rings. The van der Waals surface area contributed by atoms with E-state index in [1.54, 1.807) is 0 Å². The number of halogens is 3. The Balaban J connectivity index is 2.12. The minimum Gasteiger partial charge on any atom is -0.380 e. The lowest BCUT2D eigenvalue weighted by Gasteiger charge is -2.27. The van der Waals surface area contributed by atoms with Crippen molar-refractivity contribution in [2.24, 2.45) is 5.92 Å². The van der Waals surface area contributed by atoms with Gasteiger partial charge < -0.3 is 9.47 Å². The number of ether oxygens (including phenoxy) is 2. The first kappa shape index (κ1) is 12.5. The third-order valence-electron chi connectivity index (χ3n) is 4.08. The molecule has 0 N–H and O–H groups in total. The summed E-state index contributed by atoms with van der Waals surface area (Å²) in [4.78, 5) is 0. The zero-order valence-corrected chi connectivity index (χ0v) is 11.5. The van der Waals surface area contributed by atoms with Crippen LogP contribution in [0.4, 0.5) is 8.78 Å². The van der Waals surface area contributed by atoms with Gasteiger partial charge in [-0.3, -0.25) is 0 Å². The zero-order valence-electron chi connectivity index (χ0n) is 9.88. The molecule has 1 unspecified atom stereocenters. The molecule has 2 aliphatic rings. The van der Waals surface area contributed by atoms with E-state index in [4.69, 9.17) is 9.47 Å². The first-order valence-corrected chi connectivity index (χ1v) is 6.68. The van der Waals surface area contributed by atoms with Crippen LogP contribution in [0, 0.1) is 17.6 Å². The van der Waals surface area contributed by atoms with E-state index in [2.05, 4.69) is 15.9 Å². The molecule has 5 heteroatoms. The number of fused-ring (bicyclic) bond motifs is 1. The van der Waals surface area contributed by atoms with Gasteiger partial charge in [-0.15, -0.1) is 0 Å². The van der Waals surface area contributed by atoms with Crippen LogP contribution in [-0.2, 0) is 14.9 Å². The van der Waals surface area contributed by atoms with Crippen molar-refractivity contribution in [2.45, 2.75) is 18.4 Å². The van der Waals surface area contributed by atoms with E-state index in [0.29, 0.717) is 25.4 Å². The van der Waals surface area contributed by atoms with Gasteiger partial charge in [-0.1, -0.05) is 0 Å². The van der Waals surface area contributed by atoms with Crippen molar-refractivity contribution in [1.29, 1.82) is 0 Å². The molecule has 3 atom stereocenters. The lowest BCUT2D eigenvalue weighted by Crippen LogP contribution is -2.36.